The van der Waals surface area contributed by atoms with Crippen LogP contribution < -0.4 is 4.74 Å². The second-order valence-electron chi connectivity index (χ2n) is 7.33. The monoisotopic (exact) mass is 527 g/mol. The Kier molecular flexibility index (Phi) is 7.04. The number of ether oxygens (including phenoxy) is 1. The van der Waals surface area contributed by atoms with Crippen molar-refractivity contribution in [1.29, 1.82) is 0 Å². The lowest BCUT2D eigenvalue weighted by molar-refractivity contribution is -0.123. The summed E-state index contributed by atoms with van der Waals surface area (Å²) in [5.74, 6) is 0.381. The smallest absolute Gasteiger partial charge is 0.293 e. The third-order valence-corrected chi connectivity index (χ3v) is 6.79. The molecule has 0 radical (unpaired) electrons. The van der Waals surface area contributed by atoms with Crippen molar-refractivity contribution in [3.05, 3.63) is 103 Å². The first-order chi connectivity index (χ1) is 15.4. The Hall–Kier alpha value is -2.54. The van der Waals surface area contributed by atoms with Gasteiger partial charge in [0.25, 0.3) is 11.1 Å². The standard InChI is InChI=1S/C25H19BrClNO3S/c1-16-5-4-6-18(11-16)14-28-24(29)23(32-25(28)30)13-17-9-10-22(20(26)12-17)31-15-19-7-2-3-8-21(19)27/h2-13H,14-15H2,1H3/b23-13+. The molecule has 1 heterocycles. The molecule has 0 unspecified atom stereocenters. The van der Waals surface area contributed by atoms with Crippen LogP contribution in [0.15, 0.2) is 76.1 Å². The molecule has 3 aromatic rings. The first-order valence-electron chi connectivity index (χ1n) is 9.87. The zero-order valence-corrected chi connectivity index (χ0v) is 20.3. The first-order valence-corrected chi connectivity index (χ1v) is 11.9. The summed E-state index contributed by atoms with van der Waals surface area (Å²) in [6.07, 6.45) is 1.73. The number of carbonyl (C=O) groups is 2. The van der Waals surface area contributed by atoms with Crippen molar-refractivity contribution >= 4 is 56.5 Å². The Morgan fingerprint density at radius 3 is 2.62 bits per heavy atom. The van der Waals surface area contributed by atoms with Crippen LogP contribution in [-0.2, 0) is 17.9 Å². The second kappa shape index (κ2) is 9.94. The van der Waals surface area contributed by atoms with Crippen molar-refractivity contribution in [2.45, 2.75) is 20.1 Å². The van der Waals surface area contributed by atoms with Crippen LogP contribution in [0.25, 0.3) is 6.08 Å². The second-order valence-corrected chi connectivity index (χ2v) is 9.58. The van der Waals surface area contributed by atoms with Crippen LogP contribution in [0.4, 0.5) is 4.79 Å². The minimum Gasteiger partial charge on any atom is -0.488 e. The van der Waals surface area contributed by atoms with Crippen molar-refractivity contribution in [2.24, 2.45) is 0 Å². The van der Waals surface area contributed by atoms with E-state index in [1.807, 2.05) is 73.7 Å². The number of thioether (sulfide) groups is 1. The molecule has 1 fully saturated rings. The van der Waals surface area contributed by atoms with Crippen LogP contribution in [0.3, 0.4) is 0 Å². The predicted molar refractivity (Wildman–Crippen MR) is 133 cm³/mol. The quantitative estimate of drug-likeness (QED) is 0.317. The van der Waals surface area contributed by atoms with Crippen LogP contribution in [-0.4, -0.2) is 16.0 Å². The van der Waals surface area contributed by atoms with Crippen LogP contribution >= 0.6 is 39.3 Å². The number of rotatable bonds is 6. The molecule has 1 saturated heterocycles. The highest BCUT2D eigenvalue weighted by molar-refractivity contribution is 9.10. The zero-order chi connectivity index (χ0) is 22.7. The van der Waals surface area contributed by atoms with Gasteiger partial charge in [-0.2, -0.15) is 0 Å². The molecule has 0 atom stereocenters. The van der Waals surface area contributed by atoms with E-state index in [0.717, 1.165) is 38.5 Å². The summed E-state index contributed by atoms with van der Waals surface area (Å²) in [6.45, 7) is 2.59. The van der Waals surface area contributed by atoms with Gasteiger partial charge in [-0.1, -0.05) is 65.7 Å². The molecule has 2 amide bonds. The molecule has 32 heavy (non-hydrogen) atoms. The third kappa shape index (κ3) is 5.26. The molecule has 1 aliphatic rings. The minimum atomic E-state index is -0.281. The van der Waals surface area contributed by atoms with Crippen LogP contribution in [0, 0.1) is 6.92 Å². The summed E-state index contributed by atoms with van der Waals surface area (Å²) >= 11 is 10.7. The van der Waals surface area contributed by atoms with E-state index in [-0.39, 0.29) is 17.7 Å². The topological polar surface area (TPSA) is 46.6 Å². The highest BCUT2D eigenvalue weighted by Crippen LogP contribution is 2.35. The maximum Gasteiger partial charge on any atom is 0.293 e. The molecule has 4 rings (SSSR count). The van der Waals surface area contributed by atoms with Gasteiger partial charge in [-0.3, -0.25) is 14.5 Å². The molecular weight excluding hydrogens is 510 g/mol. The van der Waals surface area contributed by atoms with Crippen molar-refractivity contribution in [1.82, 2.24) is 4.90 Å². The largest absolute Gasteiger partial charge is 0.488 e. The number of carbonyl (C=O) groups excluding carboxylic acids is 2. The van der Waals surface area contributed by atoms with Crippen molar-refractivity contribution in [3.63, 3.8) is 0 Å². The molecule has 4 nitrogen and oxygen atoms in total. The highest BCUT2D eigenvalue weighted by atomic mass is 79.9. The number of aryl methyl sites for hydroxylation is 1. The summed E-state index contributed by atoms with van der Waals surface area (Å²) in [6, 6.07) is 20.9. The normalized spacial score (nSPS) is 15.0. The molecule has 162 valence electrons. The molecule has 0 aromatic heterocycles. The summed E-state index contributed by atoms with van der Waals surface area (Å²) < 4.78 is 6.62. The fourth-order valence-electron chi connectivity index (χ4n) is 3.28. The Bertz CT molecular complexity index is 1230. The summed E-state index contributed by atoms with van der Waals surface area (Å²) in [4.78, 5) is 26.9. The van der Waals surface area contributed by atoms with Crippen molar-refractivity contribution in [2.75, 3.05) is 0 Å². The summed E-state index contributed by atoms with van der Waals surface area (Å²) in [5.41, 5.74) is 3.71. The van der Waals surface area contributed by atoms with Crippen molar-refractivity contribution in [3.8, 4) is 5.75 Å². The van der Waals surface area contributed by atoms with Crippen molar-refractivity contribution < 1.29 is 14.3 Å². The number of nitrogens with zero attached hydrogens (tertiary/aromatic N) is 1. The van der Waals surface area contributed by atoms with Gasteiger partial charge in [0.05, 0.1) is 15.9 Å². The minimum absolute atomic E-state index is 0.262. The van der Waals surface area contributed by atoms with Gasteiger partial charge in [-0.05, 0) is 70.0 Å². The number of benzene rings is 3. The molecule has 1 aliphatic heterocycles. The van der Waals surface area contributed by atoms with Gasteiger partial charge in [-0.25, -0.2) is 0 Å². The lowest BCUT2D eigenvalue weighted by Gasteiger charge is -2.12. The van der Waals surface area contributed by atoms with Gasteiger partial charge in [0.2, 0.25) is 0 Å². The fraction of sp³-hybridized carbons (Fsp3) is 0.120. The summed E-state index contributed by atoms with van der Waals surface area (Å²) in [5, 5.41) is 0.392. The van der Waals surface area contributed by atoms with E-state index < -0.39 is 0 Å². The summed E-state index contributed by atoms with van der Waals surface area (Å²) in [7, 11) is 0. The maximum atomic E-state index is 12.8. The van der Waals surface area contributed by atoms with Crippen LogP contribution in [0.5, 0.6) is 5.75 Å². The van der Waals surface area contributed by atoms with Gasteiger partial charge < -0.3 is 4.74 Å². The number of halogens is 2. The lowest BCUT2D eigenvalue weighted by Crippen LogP contribution is -2.27. The Labute approximate surface area is 204 Å². The third-order valence-electron chi connectivity index (χ3n) is 4.89. The van der Waals surface area contributed by atoms with Gasteiger partial charge in [0, 0.05) is 10.6 Å². The molecule has 3 aromatic carbocycles. The van der Waals surface area contributed by atoms with E-state index in [2.05, 4.69) is 15.9 Å². The number of imide groups is 1. The molecule has 7 heteroatoms. The SMILES string of the molecule is Cc1cccc(CN2C(=O)S/C(=C/c3ccc(OCc4ccccc4Cl)c(Br)c3)C2=O)c1. The maximum absolute atomic E-state index is 12.8. The van der Waals surface area contributed by atoms with E-state index in [4.69, 9.17) is 16.3 Å². The first kappa shape index (κ1) is 22.6. The van der Waals surface area contributed by atoms with E-state index in [0.29, 0.717) is 22.3 Å². The van der Waals surface area contributed by atoms with Gasteiger partial charge >= 0.3 is 0 Å². The van der Waals surface area contributed by atoms with Gasteiger partial charge in [0.15, 0.2) is 0 Å². The average molecular weight is 529 g/mol. The molecule has 0 saturated carbocycles. The molecule has 0 aliphatic carbocycles. The number of amides is 2. The molecule has 0 spiro atoms. The fourth-order valence-corrected chi connectivity index (χ4v) is 4.82. The average Bonchev–Trinajstić information content (AvgIpc) is 3.01. The lowest BCUT2D eigenvalue weighted by atomic mass is 10.1. The molecule has 0 bridgehead atoms. The number of hydrogen-bond acceptors (Lipinski definition) is 4. The van der Waals surface area contributed by atoms with E-state index in [1.165, 1.54) is 4.90 Å². The van der Waals surface area contributed by atoms with Gasteiger partial charge in [-0.15, -0.1) is 0 Å². The molecular formula is C25H19BrClNO3S. The van der Waals surface area contributed by atoms with Crippen LogP contribution in [0.2, 0.25) is 5.02 Å². The Morgan fingerprint density at radius 2 is 1.88 bits per heavy atom. The number of hydrogen-bond donors (Lipinski definition) is 0. The highest BCUT2D eigenvalue weighted by Gasteiger charge is 2.35. The zero-order valence-electron chi connectivity index (χ0n) is 17.2. The Morgan fingerprint density at radius 1 is 1.06 bits per heavy atom. The Balaban J connectivity index is 1.46. The van der Waals surface area contributed by atoms with E-state index in [9.17, 15) is 9.59 Å². The predicted octanol–water partition coefficient (Wildman–Crippen LogP) is 7.23. The molecule has 0 N–H and O–H groups in total. The van der Waals surface area contributed by atoms with Crippen LogP contribution in [0.1, 0.15) is 22.3 Å². The van der Waals surface area contributed by atoms with E-state index >= 15 is 0 Å². The van der Waals surface area contributed by atoms with E-state index in [1.54, 1.807) is 6.08 Å². The van der Waals surface area contributed by atoms with Gasteiger partial charge in [0.1, 0.15) is 12.4 Å².